The van der Waals surface area contributed by atoms with Crippen molar-refractivity contribution < 1.29 is 9.90 Å². The molecule has 0 atom stereocenters. The third-order valence-corrected chi connectivity index (χ3v) is 2.72. The predicted octanol–water partition coefficient (Wildman–Crippen LogP) is 2.34. The van der Waals surface area contributed by atoms with E-state index in [4.69, 9.17) is 5.11 Å². The van der Waals surface area contributed by atoms with Crippen LogP contribution in [0.15, 0.2) is 42.7 Å². The first-order valence-electron chi connectivity index (χ1n) is 5.63. The van der Waals surface area contributed by atoms with Gasteiger partial charge in [0.15, 0.2) is 0 Å². The van der Waals surface area contributed by atoms with Crippen LogP contribution >= 0.6 is 0 Å². The molecule has 0 unspecified atom stereocenters. The predicted molar refractivity (Wildman–Crippen MR) is 69.2 cm³/mol. The maximum absolute atomic E-state index is 10.6. The second kappa shape index (κ2) is 5.31. The highest BCUT2D eigenvalue weighted by Gasteiger charge is 2.02. The lowest BCUT2D eigenvalue weighted by molar-refractivity contribution is -0.131. The summed E-state index contributed by atoms with van der Waals surface area (Å²) in [5, 5.41) is 8.66. The molecule has 0 aliphatic heterocycles. The molecular formula is C14H14N2O2. The Bertz CT molecular complexity index is 585. The number of benzene rings is 1. The highest BCUT2D eigenvalue weighted by molar-refractivity contribution is 5.85. The second-order valence-corrected chi connectivity index (χ2v) is 3.97. The van der Waals surface area contributed by atoms with Crippen LogP contribution in [0.5, 0.6) is 0 Å². The van der Waals surface area contributed by atoms with Gasteiger partial charge in [-0.05, 0) is 24.1 Å². The van der Waals surface area contributed by atoms with E-state index in [0.717, 1.165) is 23.0 Å². The summed E-state index contributed by atoms with van der Waals surface area (Å²) < 4.78 is 2.02. The third-order valence-electron chi connectivity index (χ3n) is 2.72. The number of hydrogen-bond acceptors (Lipinski definition) is 2. The topological polar surface area (TPSA) is 55.1 Å². The molecule has 4 heteroatoms. The monoisotopic (exact) mass is 242 g/mol. The zero-order chi connectivity index (χ0) is 13.0. The van der Waals surface area contributed by atoms with E-state index in [0.29, 0.717) is 6.54 Å². The number of aromatic nitrogens is 2. The van der Waals surface area contributed by atoms with Crippen LogP contribution in [-0.4, -0.2) is 20.6 Å². The van der Waals surface area contributed by atoms with Gasteiger partial charge >= 0.3 is 5.97 Å². The van der Waals surface area contributed by atoms with Crippen LogP contribution < -0.4 is 0 Å². The fourth-order valence-corrected chi connectivity index (χ4v) is 1.76. The fraction of sp³-hybridized carbons (Fsp3) is 0.143. The van der Waals surface area contributed by atoms with Gasteiger partial charge in [0.2, 0.25) is 0 Å². The van der Waals surface area contributed by atoms with Crippen molar-refractivity contribution in [2.45, 2.75) is 13.5 Å². The average molecular weight is 242 g/mol. The standard InChI is InChI=1S/C14H14N2O2/c1-11-15-8-9-16(11)10-13-5-3-2-4-12(13)6-7-14(17)18/h2-9H,10H2,1H3,(H,17,18)/b7-6+. The van der Waals surface area contributed by atoms with Gasteiger partial charge < -0.3 is 9.67 Å². The highest BCUT2D eigenvalue weighted by atomic mass is 16.4. The molecule has 0 fully saturated rings. The zero-order valence-corrected chi connectivity index (χ0v) is 10.1. The van der Waals surface area contributed by atoms with Gasteiger partial charge in [0, 0.05) is 25.0 Å². The summed E-state index contributed by atoms with van der Waals surface area (Å²) >= 11 is 0. The molecule has 2 aromatic rings. The van der Waals surface area contributed by atoms with Crippen molar-refractivity contribution in [2.75, 3.05) is 0 Å². The molecule has 1 N–H and O–H groups in total. The lowest BCUT2D eigenvalue weighted by atomic mass is 10.1. The van der Waals surface area contributed by atoms with Crippen molar-refractivity contribution in [3.8, 4) is 0 Å². The van der Waals surface area contributed by atoms with Crippen LogP contribution in [0.4, 0.5) is 0 Å². The molecule has 0 saturated carbocycles. The van der Waals surface area contributed by atoms with Crippen LogP contribution in [0.25, 0.3) is 6.08 Å². The molecule has 1 aromatic heterocycles. The van der Waals surface area contributed by atoms with Crippen LogP contribution in [0.2, 0.25) is 0 Å². The van der Waals surface area contributed by atoms with Crippen molar-refractivity contribution in [3.05, 3.63) is 59.7 Å². The SMILES string of the molecule is Cc1nccn1Cc1ccccc1/C=C/C(=O)O. The summed E-state index contributed by atoms with van der Waals surface area (Å²) in [6, 6.07) is 7.73. The second-order valence-electron chi connectivity index (χ2n) is 3.97. The van der Waals surface area contributed by atoms with Gasteiger partial charge in [-0.15, -0.1) is 0 Å². The minimum absolute atomic E-state index is 0.686. The van der Waals surface area contributed by atoms with Crippen molar-refractivity contribution in [1.82, 2.24) is 9.55 Å². The largest absolute Gasteiger partial charge is 0.478 e. The first-order valence-corrected chi connectivity index (χ1v) is 5.63. The quantitative estimate of drug-likeness (QED) is 0.837. The Kier molecular flexibility index (Phi) is 3.57. The van der Waals surface area contributed by atoms with Crippen molar-refractivity contribution >= 4 is 12.0 Å². The minimum atomic E-state index is -0.941. The average Bonchev–Trinajstić information content (AvgIpc) is 2.74. The highest BCUT2D eigenvalue weighted by Crippen LogP contribution is 2.13. The molecule has 92 valence electrons. The molecule has 0 aliphatic rings. The lowest BCUT2D eigenvalue weighted by Gasteiger charge is -2.08. The Morgan fingerprint density at radius 1 is 1.44 bits per heavy atom. The molecule has 4 nitrogen and oxygen atoms in total. The fourth-order valence-electron chi connectivity index (χ4n) is 1.76. The van der Waals surface area contributed by atoms with Gasteiger partial charge in [0.05, 0.1) is 0 Å². The molecule has 0 bridgehead atoms. The molecular weight excluding hydrogens is 228 g/mol. The van der Waals surface area contributed by atoms with Gasteiger partial charge in [-0.1, -0.05) is 24.3 Å². The minimum Gasteiger partial charge on any atom is -0.478 e. The van der Waals surface area contributed by atoms with Gasteiger partial charge in [-0.2, -0.15) is 0 Å². The van der Waals surface area contributed by atoms with Crippen LogP contribution in [0.1, 0.15) is 17.0 Å². The first-order chi connectivity index (χ1) is 8.66. The van der Waals surface area contributed by atoms with Gasteiger partial charge in [0.1, 0.15) is 5.82 Å². The first kappa shape index (κ1) is 12.1. The van der Waals surface area contributed by atoms with Crippen molar-refractivity contribution in [1.29, 1.82) is 0 Å². The number of hydrogen-bond donors (Lipinski definition) is 1. The van der Waals surface area contributed by atoms with Gasteiger partial charge in [-0.3, -0.25) is 0 Å². The van der Waals surface area contributed by atoms with E-state index in [1.807, 2.05) is 42.0 Å². The van der Waals surface area contributed by atoms with E-state index in [2.05, 4.69) is 4.98 Å². The number of rotatable bonds is 4. The van der Waals surface area contributed by atoms with Crippen LogP contribution in [0, 0.1) is 6.92 Å². The zero-order valence-electron chi connectivity index (χ0n) is 10.1. The van der Waals surface area contributed by atoms with Crippen LogP contribution in [0.3, 0.4) is 0 Å². The van der Waals surface area contributed by atoms with E-state index >= 15 is 0 Å². The number of aryl methyl sites for hydroxylation is 1. The molecule has 0 saturated heterocycles. The maximum Gasteiger partial charge on any atom is 0.328 e. The van der Waals surface area contributed by atoms with Crippen molar-refractivity contribution in [3.63, 3.8) is 0 Å². The van der Waals surface area contributed by atoms with E-state index in [1.54, 1.807) is 12.3 Å². The summed E-state index contributed by atoms with van der Waals surface area (Å²) in [6.45, 7) is 2.63. The Balaban J connectivity index is 2.28. The molecule has 18 heavy (non-hydrogen) atoms. The molecule has 0 spiro atoms. The van der Waals surface area contributed by atoms with E-state index in [9.17, 15) is 4.79 Å². The summed E-state index contributed by atoms with van der Waals surface area (Å²) in [5.41, 5.74) is 1.98. The molecule has 0 radical (unpaired) electrons. The number of carboxylic acids is 1. The lowest BCUT2D eigenvalue weighted by Crippen LogP contribution is -2.02. The van der Waals surface area contributed by atoms with Gasteiger partial charge in [-0.25, -0.2) is 9.78 Å². The molecule has 2 rings (SSSR count). The van der Waals surface area contributed by atoms with Crippen molar-refractivity contribution in [2.24, 2.45) is 0 Å². The molecule has 0 amide bonds. The number of imidazole rings is 1. The van der Waals surface area contributed by atoms with E-state index in [-0.39, 0.29) is 0 Å². The Morgan fingerprint density at radius 3 is 2.89 bits per heavy atom. The summed E-state index contributed by atoms with van der Waals surface area (Å²) in [4.78, 5) is 14.7. The Morgan fingerprint density at radius 2 is 2.22 bits per heavy atom. The molecule has 1 aromatic carbocycles. The van der Waals surface area contributed by atoms with Crippen LogP contribution in [-0.2, 0) is 11.3 Å². The smallest absolute Gasteiger partial charge is 0.328 e. The normalized spacial score (nSPS) is 10.9. The maximum atomic E-state index is 10.6. The van der Waals surface area contributed by atoms with E-state index < -0.39 is 5.97 Å². The Hall–Kier alpha value is -2.36. The summed E-state index contributed by atoms with van der Waals surface area (Å²) in [7, 11) is 0. The summed E-state index contributed by atoms with van der Waals surface area (Å²) in [5.74, 6) is -0.00404. The number of carboxylic acid groups (broad SMARTS) is 1. The van der Waals surface area contributed by atoms with Gasteiger partial charge in [0.25, 0.3) is 0 Å². The molecule has 0 aliphatic carbocycles. The third kappa shape index (κ3) is 2.85. The number of carbonyl (C=O) groups is 1. The summed E-state index contributed by atoms with van der Waals surface area (Å²) in [6.07, 6.45) is 6.43. The number of nitrogens with zero attached hydrogens (tertiary/aromatic N) is 2. The van der Waals surface area contributed by atoms with E-state index in [1.165, 1.54) is 0 Å². The Labute approximate surface area is 105 Å². The molecule has 1 heterocycles. The number of aliphatic carboxylic acids is 1.